The van der Waals surface area contributed by atoms with Crippen molar-refractivity contribution in [2.24, 2.45) is 5.92 Å². The fraction of sp³-hybridized carbons (Fsp3) is 0.550. The van der Waals surface area contributed by atoms with Crippen LogP contribution in [0.4, 0.5) is 0 Å². The molecule has 26 heavy (non-hydrogen) atoms. The molecule has 1 saturated carbocycles. The highest BCUT2D eigenvalue weighted by molar-refractivity contribution is 5.72. The van der Waals surface area contributed by atoms with Crippen molar-refractivity contribution >= 4 is 5.97 Å². The molecule has 0 unspecified atom stereocenters. The van der Waals surface area contributed by atoms with Crippen LogP contribution in [0.25, 0.3) is 0 Å². The molecule has 4 rings (SSSR count). The topological polar surface area (TPSA) is 79.5 Å². The number of rotatable bonds is 5. The predicted molar refractivity (Wildman–Crippen MR) is 95.7 cm³/mol. The van der Waals surface area contributed by atoms with Crippen molar-refractivity contribution in [1.29, 1.82) is 0 Å². The van der Waals surface area contributed by atoms with E-state index in [9.17, 15) is 9.90 Å². The SMILES string of the molecule is O=C(O)[C@@H]1CN(Cc2cc(C3CCCCC3)no2)C[C@H]1c1ccccn1. The molecular weight excluding hydrogens is 330 g/mol. The number of aliphatic carboxylic acids is 1. The van der Waals surface area contributed by atoms with Crippen molar-refractivity contribution in [2.45, 2.75) is 50.5 Å². The van der Waals surface area contributed by atoms with Gasteiger partial charge in [-0.05, 0) is 25.0 Å². The molecule has 2 aromatic rings. The van der Waals surface area contributed by atoms with Gasteiger partial charge in [-0.15, -0.1) is 0 Å². The lowest BCUT2D eigenvalue weighted by Gasteiger charge is -2.18. The summed E-state index contributed by atoms with van der Waals surface area (Å²) in [6.45, 7) is 1.79. The summed E-state index contributed by atoms with van der Waals surface area (Å²) in [5, 5.41) is 13.9. The number of pyridine rings is 1. The first kappa shape index (κ1) is 17.2. The van der Waals surface area contributed by atoms with Crippen molar-refractivity contribution < 1.29 is 14.4 Å². The van der Waals surface area contributed by atoms with Crippen LogP contribution in [0.2, 0.25) is 0 Å². The van der Waals surface area contributed by atoms with Crippen LogP contribution in [-0.4, -0.2) is 39.2 Å². The number of carboxylic acid groups (broad SMARTS) is 1. The second kappa shape index (κ2) is 7.58. The van der Waals surface area contributed by atoms with Crippen LogP contribution < -0.4 is 0 Å². The maximum absolute atomic E-state index is 11.7. The lowest BCUT2D eigenvalue weighted by atomic mass is 9.87. The molecule has 2 atom stereocenters. The van der Waals surface area contributed by atoms with Crippen LogP contribution in [-0.2, 0) is 11.3 Å². The number of hydrogen-bond donors (Lipinski definition) is 1. The zero-order valence-corrected chi connectivity index (χ0v) is 14.9. The molecular formula is C20H25N3O3. The van der Waals surface area contributed by atoms with E-state index in [-0.39, 0.29) is 5.92 Å². The molecule has 0 spiro atoms. The molecule has 1 saturated heterocycles. The van der Waals surface area contributed by atoms with Gasteiger partial charge in [-0.3, -0.25) is 14.7 Å². The van der Waals surface area contributed by atoms with E-state index in [1.807, 2.05) is 18.2 Å². The van der Waals surface area contributed by atoms with E-state index in [0.717, 1.165) is 17.1 Å². The fourth-order valence-electron chi connectivity index (χ4n) is 4.37. The highest BCUT2D eigenvalue weighted by atomic mass is 16.5. The Kier molecular flexibility index (Phi) is 5.02. The van der Waals surface area contributed by atoms with Crippen molar-refractivity contribution in [1.82, 2.24) is 15.0 Å². The van der Waals surface area contributed by atoms with Gasteiger partial charge in [-0.2, -0.15) is 0 Å². The third-order valence-corrected chi connectivity index (χ3v) is 5.76. The van der Waals surface area contributed by atoms with Gasteiger partial charge in [0.25, 0.3) is 0 Å². The molecule has 0 bridgehead atoms. The van der Waals surface area contributed by atoms with Crippen LogP contribution in [0, 0.1) is 5.92 Å². The Morgan fingerprint density at radius 2 is 2.04 bits per heavy atom. The third kappa shape index (κ3) is 3.65. The summed E-state index contributed by atoms with van der Waals surface area (Å²) in [6, 6.07) is 7.75. The first-order valence-electron chi connectivity index (χ1n) is 9.52. The summed E-state index contributed by atoms with van der Waals surface area (Å²) in [4.78, 5) is 18.2. The first-order chi connectivity index (χ1) is 12.7. The summed E-state index contributed by atoms with van der Waals surface area (Å²) in [5.74, 6) is 0.0629. The van der Waals surface area contributed by atoms with Gasteiger partial charge in [0.15, 0.2) is 5.76 Å². The molecule has 0 amide bonds. The molecule has 3 heterocycles. The third-order valence-electron chi connectivity index (χ3n) is 5.76. The molecule has 0 aromatic carbocycles. The second-order valence-electron chi connectivity index (χ2n) is 7.55. The summed E-state index contributed by atoms with van der Waals surface area (Å²) >= 11 is 0. The van der Waals surface area contributed by atoms with Crippen LogP contribution in [0.1, 0.15) is 61.1 Å². The Bertz CT molecular complexity index is 740. The van der Waals surface area contributed by atoms with Gasteiger partial charge in [0, 0.05) is 42.9 Å². The molecule has 2 aromatic heterocycles. The van der Waals surface area contributed by atoms with Gasteiger partial charge < -0.3 is 9.63 Å². The molecule has 138 valence electrons. The quantitative estimate of drug-likeness (QED) is 0.885. The number of likely N-dealkylation sites (tertiary alicyclic amines) is 1. The van der Waals surface area contributed by atoms with Gasteiger partial charge in [0.1, 0.15) is 0 Å². The molecule has 2 aliphatic rings. The Labute approximate surface area is 153 Å². The average Bonchev–Trinajstić information content (AvgIpc) is 3.31. The molecule has 1 N–H and O–H groups in total. The van der Waals surface area contributed by atoms with Gasteiger partial charge in [-0.1, -0.05) is 30.5 Å². The average molecular weight is 355 g/mol. The Morgan fingerprint density at radius 3 is 2.77 bits per heavy atom. The zero-order valence-electron chi connectivity index (χ0n) is 14.9. The number of nitrogens with zero attached hydrogens (tertiary/aromatic N) is 3. The Morgan fingerprint density at radius 1 is 1.19 bits per heavy atom. The lowest BCUT2D eigenvalue weighted by molar-refractivity contribution is -0.141. The molecule has 0 radical (unpaired) electrons. The van der Waals surface area contributed by atoms with Crippen molar-refractivity contribution in [2.75, 3.05) is 13.1 Å². The normalized spacial score (nSPS) is 24.8. The second-order valence-corrected chi connectivity index (χ2v) is 7.55. The Hall–Kier alpha value is -2.21. The smallest absolute Gasteiger partial charge is 0.308 e. The number of carboxylic acids is 1. The number of hydrogen-bond acceptors (Lipinski definition) is 5. The van der Waals surface area contributed by atoms with Crippen LogP contribution in [0.15, 0.2) is 35.0 Å². The van der Waals surface area contributed by atoms with E-state index in [2.05, 4.69) is 21.1 Å². The van der Waals surface area contributed by atoms with Gasteiger partial charge >= 0.3 is 5.97 Å². The maximum atomic E-state index is 11.7. The molecule has 2 fully saturated rings. The van der Waals surface area contributed by atoms with E-state index < -0.39 is 11.9 Å². The van der Waals surface area contributed by atoms with E-state index in [0.29, 0.717) is 25.6 Å². The van der Waals surface area contributed by atoms with Crippen molar-refractivity contribution in [3.63, 3.8) is 0 Å². The van der Waals surface area contributed by atoms with Gasteiger partial charge in [0.2, 0.25) is 0 Å². The van der Waals surface area contributed by atoms with Crippen LogP contribution in [0.3, 0.4) is 0 Å². The largest absolute Gasteiger partial charge is 0.481 e. The summed E-state index contributed by atoms with van der Waals surface area (Å²) in [6.07, 6.45) is 7.97. The van der Waals surface area contributed by atoms with Crippen molar-refractivity contribution in [3.8, 4) is 0 Å². The van der Waals surface area contributed by atoms with E-state index >= 15 is 0 Å². The molecule has 6 nitrogen and oxygen atoms in total. The standard InChI is InChI=1S/C20H25N3O3/c24-20(25)17-13-23(12-16(17)18-8-4-5-9-21-18)11-15-10-19(22-26-15)14-6-2-1-3-7-14/h4-5,8-10,14,16-17H,1-3,6-7,11-13H2,(H,24,25)/t16-,17-/m1/s1. The van der Waals surface area contributed by atoms with Crippen LogP contribution in [0.5, 0.6) is 0 Å². The minimum absolute atomic E-state index is 0.0885. The van der Waals surface area contributed by atoms with E-state index in [4.69, 9.17) is 4.52 Å². The first-order valence-corrected chi connectivity index (χ1v) is 9.52. The van der Waals surface area contributed by atoms with Gasteiger partial charge in [-0.25, -0.2) is 0 Å². The number of aromatic nitrogens is 2. The maximum Gasteiger partial charge on any atom is 0.308 e. The number of carbonyl (C=O) groups is 1. The molecule has 1 aliphatic heterocycles. The van der Waals surface area contributed by atoms with Crippen LogP contribution >= 0.6 is 0 Å². The predicted octanol–water partition coefficient (Wildman–Crippen LogP) is 3.42. The fourth-order valence-corrected chi connectivity index (χ4v) is 4.37. The minimum Gasteiger partial charge on any atom is -0.481 e. The van der Waals surface area contributed by atoms with Crippen molar-refractivity contribution in [3.05, 3.63) is 47.6 Å². The zero-order chi connectivity index (χ0) is 17.9. The highest BCUT2D eigenvalue weighted by Crippen LogP contribution is 2.34. The Balaban J connectivity index is 1.44. The van der Waals surface area contributed by atoms with E-state index in [1.54, 1.807) is 6.20 Å². The molecule has 1 aliphatic carbocycles. The molecule has 6 heteroatoms. The van der Waals surface area contributed by atoms with E-state index in [1.165, 1.54) is 32.1 Å². The summed E-state index contributed by atoms with van der Waals surface area (Å²) in [7, 11) is 0. The lowest BCUT2D eigenvalue weighted by Crippen LogP contribution is -2.23. The summed E-state index contributed by atoms with van der Waals surface area (Å²) < 4.78 is 5.56. The highest BCUT2D eigenvalue weighted by Gasteiger charge is 2.39. The summed E-state index contributed by atoms with van der Waals surface area (Å²) in [5.41, 5.74) is 1.91. The van der Waals surface area contributed by atoms with Gasteiger partial charge in [0.05, 0.1) is 18.2 Å². The monoisotopic (exact) mass is 355 g/mol. The minimum atomic E-state index is -0.761.